The van der Waals surface area contributed by atoms with Gasteiger partial charge in [0.25, 0.3) is 0 Å². The Morgan fingerprint density at radius 2 is 1.40 bits per heavy atom. The van der Waals surface area contributed by atoms with Crippen molar-refractivity contribution in [3.63, 3.8) is 0 Å². The topological polar surface area (TPSA) is 43.9 Å². The van der Waals surface area contributed by atoms with Crippen LogP contribution in [0.1, 0.15) is 106 Å². The number of imidazole rings is 1. The van der Waals surface area contributed by atoms with Crippen molar-refractivity contribution in [1.29, 1.82) is 0 Å². The van der Waals surface area contributed by atoms with Crippen LogP contribution in [0, 0.1) is 23.4 Å². The molecule has 0 unspecified atom stereocenters. The first-order valence-corrected chi connectivity index (χ1v) is 26.7. The Balaban J connectivity index is 0.000000220. The molecule has 0 saturated carbocycles. The van der Waals surface area contributed by atoms with E-state index in [4.69, 9.17) is 17.1 Å². The van der Waals surface area contributed by atoms with Crippen molar-refractivity contribution >= 4 is 46.2 Å². The number of nitrogens with zero attached hydrogens (tertiary/aromatic N) is 3. The minimum atomic E-state index is -1.74. The van der Waals surface area contributed by atoms with Crippen molar-refractivity contribution in [2.24, 2.45) is 5.41 Å². The maximum absolute atomic E-state index is 13.9. The number of fused-ring (bicyclic) bond motifs is 4. The quantitative estimate of drug-likeness (QED) is 0.112. The van der Waals surface area contributed by atoms with E-state index in [1.165, 1.54) is 45.6 Å². The van der Waals surface area contributed by atoms with Crippen molar-refractivity contribution in [3.8, 4) is 39.5 Å². The van der Waals surface area contributed by atoms with Gasteiger partial charge in [-0.15, -0.1) is 59.2 Å². The van der Waals surface area contributed by atoms with E-state index >= 15 is 0 Å². The second-order valence-electron chi connectivity index (χ2n) is 21.3. The zero-order valence-electron chi connectivity index (χ0n) is 43.2. The summed E-state index contributed by atoms with van der Waals surface area (Å²) in [6.07, 6.45) is 0.472. The molecule has 9 aromatic rings. The fourth-order valence-electron chi connectivity index (χ4n) is 8.66. The summed E-state index contributed by atoms with van der Waals surface area (Å²) in [7, 11) is -1.74. The Labute approximate surface area is 415 Å². The summed E-state index contributed by atoms with van der Waals surface area (Å²) >= 11 is 0. The molecule has 0 fully saturated rings. The standard InChI is InChI=1S/C37H30FN2O.C23H34NSi.Ir/c1-22(2)29-19-26(24-10-6-5-7-11-24)20-30(23(3)4)36(29)40-33-13-9-8-12-32(33)39-37(40)25-14-17-34-31(18-25)28-16-15-27(38)21-35(28)41-34;1-22(2,3)15-18-14-20(24-16-21(18)25(7,8)9)17-11-10-12-19(13-17)23(4,5)6;/h5-13,15-23H,1-4H3;10,12-14,16H,15H2,1-9H3;/q2*-1;/i;15D2;. The molecule has 9 rings (SSSR count). The van der Waals surface area contributed by atoms with Gasteiger partial charge in [-0.25, -0.2) is 4.39 Å². The van der Waals surface area contributed by atoms with E-state index in [1.807, 2.05) is 51.2 Å². The minimum absolute atomic E-state index is 0. The molecule has 1 radical (unpaired) electrons. The van der Waals surface area contributed by atoms with Gasteiger partial charge >= 0.3 is 0 Å². The first-order valence-electron chi connectivity index (χ1n) is 24.2. The number of halogens is 1. The van der Waals surface area contributed by atoms with Gasteiger partial charge in [0.1, 0.15) is 11.4 Å². The molecule has 0 aliphatic rings. The molecule has 0 atom stereocenters. The number of hydrogen-bond acceptors (Lipinski definition) is 3. The molecule has 347 valence electrons. The molecule has 0 aliphatic carbocycles. The van der Waals surface area contributed by atoms with E-state index < -0.39 is 19.9 Å². The number of rotatable bonds is 8. The molecule has 4 nitrogen and oxygen atoms in total. The second-order valence-corrected chi connectivity index (χ2v) is 26.3. The monoisotopic (exact) mass is 1080 g/mol. The van der Waals surface area contributed by atoms with E-state index in [1.54, 1.807) is 6.07 Å². The molecule has 0 N–H and O–H groups in total. The third-order valence-electron chi connectivity index (χ3n) is 12.1. The Morgan fingerprint density at radius 1 is 0.731 bits per heavy atom. The number of pyridine rings is 1. The molecular formula is C60H64FIrN3OSi-2. The van der Waals surface area contributed by atoms with Crippen LogP contribution in [0.3, 0.4) is 0 Å². The minimum Gasteiger partial charge on any atom is -0.500 e. The molecule has 3 heterocycles. The number of hydrogen-bond donors (Lipinski definition) is 0. The third-order valence-corrected chi connectivity index (χ3v) is 14.1. The number of para-hydroxylation sites is 2. The first kappa shape index (κ1) is 46.6. The maximum atomic E-state index is 13.9. The van der Waals surface area contributed by atoms with Gasteiger partial charge in [-0.05, 0) is 98.6 Å². The van der Waals surface area contributed by atoms with Crippen LogP contribution in [-0.2, 0) is 31.9 Å². The third kappa shape index (κ3) is 10.7. The van der Waals surface area contributed by atoms with Crippen LogP contribution in [0.15, 0.2) is 132 Å². The van der Waals surface area contributed by atoms with E-state index in [0.717, 1.165) is 55.2 Å². The van der Waals surface area contributed by atoms with Crippen LogP contribution in [-0.4, -0.2) is 22.6 Å². The van der Waals surface area contributed by atoms with Crippen molar-refractivity contribution in [2.75, 3.05) is 0 Å². The Morgan fingerprint density at radius 3 is 2.04 bits per heavy atom. The molecule has 7 heteroatoms. The van der Waals surface area contributed by atoms with Gasteiger partial charge in [0.15, 0.2) is 0 Å². The van der Waals surface area contributed by atoms with Gasteiger partial charge in [-0.2, -0.15) is 0 Å². The maximum Gasteiger partial charge on any atom is 0.126 e. The van der Waals surface area contributed by atoms with Gasteiger partial charge < -0.3 is 14.0 Å². The summed E-state index contributed by atoms with van der Waals surface area (Å²) in [5, 5.41) is 2.88. The van der Waals surface area contributed by atoms with Gasteiger partial charge in [0, 0.05) is 46.2 Å². The van der Waals surface area contributed by atoms with Crippen LogP contribution >= 0.6 is 0 Å². The molecule has 0 bridgehead atoms. The van der Waals surface area contributed by atoms with Gasteiger partial charge in [0.2, 0.25) is 0 Å². The molecular weight excluding hydrogens is 1020 g/mol. The molecule has 0 spiro atoms. The predicted molar refractivity (Wildman–Crippen MR) is 280 cm³/mol. The Hall–Kier alpha value is -5.46. The normalized spacial score (nSPS) is 12.9. The van der Waals surface area contributed by atoms with E-state index in [-0.39, 0.29) is 43.2 Å². The van der Waals surface area contributed by atoms with Crippen molar-refractivity contribution < 1.29 is 31.7 Å². The Kier molecular flexibility index (Phi) is 13.4. The molecule has 67 heavy (non-hydrogen) atoms. The van der Waals surface area contributed by atoms with E-state index in [0.29, 0.717) is 11.2 Å². The van der Waals surface area contributed by atoms with Crippen molar-refractivity contribution in [3.05, 3.63) is 168 Å². The van der Waals surface area contributed by atoms with E-state index in [2.05, 4.69) is 164 Å². The summed E-state index contributed by atoms with van der Waals surface area (Å²) in [5.74, 6) is 1.06. The SMILES string of the molecule is CC(C)c1cc(-c2ccccc2)cc(C(C)C)c1-n1c(-c2[c-]cc3oc4cc(F)ccc4c3c2)nc2ccccc21.[2H]C([2H])(c1cc(-c2[c-]ccc(C(C)(C)C)c2)ncc1[Si](C)(C)C)C(C)(C)C.[Ir]. The number of furan rings is 1. The summed E-state index contributed by atoms with van der Waals surface area (Å²) in [6.45, 7) is 28.2. The zero-order valence-corrected chi connectivity index (χ0v) is 44.6. The summed E-state index contributed by atoms with van der Waals surface area (Å²) < 4.78 is 40.0. The van der Waals surface area contributed by atoms with Crippen LogP contribution in [0.5, 0.6) is 0 Å². The van der Waals surface area contributed by atoms with Crippen molar-refractivity contribution in [1.82, 2.24) is 14.5 Å². The summed E-state index contributed by atoms with van der Waals surface area (Å²) in [5.41, 5.74) is 13.5. The van der Waals surface area contributed by atoms with Crippen LogP contribution < -0.4 is 5.19 Å². The zero-order chi connectivity index (χ0) is 49.1. The van der Waals surface area contributed by atoms with Crippen LogP contribution in [0.2, 0.25) is 19.6 Å². The van der Waals surface area contributed by atoms with Crippen LogP contribution in [0.25, 0.3) is 72.4 Å². The fraction of sp³-hybridized carbons (Fsp3) is 0.300. The molecule has 0 aliphatic heterocycles. The smallest absolute Gasteiger partial charge is 0.126 e. The molecule has 3 aromatic heterocycles. The number of benzene rings is 6. The first-order chi connectivity index (χ1) is 31.9. The molecule has 0 saturated heterocycles. The molecule has 0 amide bonds. The van der Waals surface area contributed by atoms with Gasteiger partial charge in [-0.1, -0.05) is 148 Å². The molecule has 6 aromatic carbocycles. The van der Waals surface area contributed by atoms with Gasteiger partial charge in [0.05, 0.1) is 30.5 Å². The number of aromatic nitrogens is 3. The van der Waals surface area contributed by atoms with E-state index in [9.17, 15) is 4.39 Å². The summed E-state index contributed by atoms with van der Waals surface area (Å²) in [6, 6.07) is 47.0. The van der Waals surface area contributed by atoms with Crippen LogP contribution in [0.4, 0.5) is 4.39 Å². The van der Waals surface area contributed by atoms with Gasteiger partial charge in [-0.3, -0.25) is 4.98 Å². The summed E-state index contributed by atoms with van der Waals surface area (Å²) in [4.78, 5) is 9.90. The predicted octanol–water partition coefficient (Wildman–Crippen LogP) is 16.4. The Bertz CT molecular complexity index is 3270. The van der Waals surface area contributed by atoms with Crippen molar-refractivity contribution in [2.45, 2.75) is 113 Å². The average molecular weight is 1080 g/mol. The fourth-order valence-corrected chi connectivity index (χ4v) is 10.1. The second kappa shape index (κ2) is 19.3. The average Bonchev–Trinajstić information content (AvgIpc) is 3.85. The largest absolute Gasteiger partial charge is 0.500 e.